The van der Waals surface area contributed by atoms with E-state index in [2.05, 4.69) is 52.0 Å². The summed E-state index contributed by atoms with van der Waals surface area (Å²) < 4.78 is 6.02. The fraction of sp³-hybridized carbons (Fsp3) is 0.407. The molecule has 0 amide bonds. The minimum Gasteiger partial charge on any atom is -0.493 e. The van der Waals surface area contributed by atoms with Crippen LogP contribution in [-0.4, -0.2) is 12.8 Å². The summed E-state index contributed by atoms with van der Waals surface area (Å²) in [4.78, 5) is 6.19. The highest BCUT2D eigenvalue weighted by molar-refractivity contribution is 7.16. The van der Waals surface area contributed by atoms with Crippen molar-refractivity contribution >= 4 is 33.3 Å². The molecule has 1 heterocycles. The van der Waals surface area contributed by atoms with Crippen molar-refractivity contribution < 1.29 is 4.74 Å². The third kappa shape index (κ3) is 4.38. The highest BCUT2D eigenvalue weighted by atomic mass is 32.1. The number of benzene rings is 2. The number of nitriles is 1. The maximum atomic E-state index is 9.89. The molecule has 0 fully saturated rings. The summed E-state index contributed by atoms with van der Waals surface area (Å²) in [6, 6.07) is 14.9. The zero-order valence-electron chi connectivity index (χ0n) is 18.9. The van der Waals surface area contributed by atoms with E-state index < -0.39 is 0 Å². The maximum Gasteiger partial charge on any atom is 0.134 e. The van der Waals surface area contributed by atoms with Crippen molar-refractivity contribution in [1.29, 1.82) is 5.26 Å². The molecule has 4 rings (SSSR count). The summed E-state index contributed by atoms with van der Waals surface area (Å²) in [6.07, 6.45) is 6.02. The summed E-state index contributed by atoms with van der Waals surface area (Å²) in [7, 11) is 0. The molecular formula is C27H30N2OS. The lowest BCUT2D eigenvalue weighted by atomic mass is 9.72. The first-order chi connectivity index (χ1) is 14.9. The third-order valence-electron chi connectivity index (χ3n) is 6.29. The Hall–Kier alpha value is -2.64. The maximum absolute atomic E-state index is 9.89. The second-order valence-corrected chi connectivity index (χ2v) is 10.5. The number of hydrogen-bond acceptors (Lipinski definition) is 4. The average molecular weight is 431 g/mol. The quantitative estimate of drug-likeness (QED) is 0.394. The van der Waals surface area contributed by atoms with E-state index in [4.69, 9.17) is 9.73 Å². The van der Waals surface area contributed by atoms with Gasteiger partial charge in [-0.3, -0.25) is 0 Å². The van der Waals surface area contributed by atoms with Gasteiger partial charge >= 0.3 is 0 Å². The van der Waals surface area contributed by atoms with Crippen LogP contribution in [0.15, 0.2) is 41.4 Å². The van der Waals surface area contributed by atoms with Crippen LogP contribution in [0.2, 0.25) is 0 Å². The molecule has 1 atom stereocenters. The molecule has 0 saturated carbocycles. The predicted octanol–water partition coefficient (Wildman–Crippen LogP) is 7.46. The van der Waals surface area contributed by atoms with Crippen LogP contribution in [0.25, 0.3) is 10.8 Å². The summed E-state index contributed by atoms with van der Waals surface area (Å²) >= 11 is 1.69. The Balaban J connectivity index is 1.74. The molecule has 0 saturated heterocycles. The monoisotopic (exact) mass is 430 g/mol. The van der Waals surface area contributed by atoms with E-state index in [1.165, 1.54) is 10.4 Å². The second kappa shape index (κ2) is 8.85. The van der Waals surface area contributed by atoms with Crippen LogP contribution in [0.5, 0.6) is 5.75 Å². The first-order valence-corrected chi connectivity index (χ1v) is 12.0. The van der Waals surface area contributed by atoms with Gasteiger partial charge in [0.05, 0.1) is 12.2 Å². The Bertz CT molecular complexity index is 1160. The Labute approximate surface area is 189 Å². The van der Waals surface area contributed by atoms with Crippen molar-refractivity contribution in [2.24, 2.45) is 16.3 Å². The zero-order chi connectivity index (χ0) is 22.0. The SMILES string of the molecule is CCCOc1ccc2ccccc2c1C=Nc1sc2c(c1C#N)CC[C@@H](C(C)(C)C)C2. The zero-order valence-corrected chi connectivity index (χ0v) is 19.7. The van der Waals surface area contributed by atoms with E-state index in [1.807, 2.05) is 24.4 Å². The molecule has 1 aliphatic rings. The minimum atomic E-state index is 0.284. The molecule has 160 valence electrons. The van der Waals surface area contributed by atoms with Gasteiger partial charge in [0.15, 0.2) is 0 Å². The van der Waals surface area contributed by atoms with E-state index in [1.54, 1.807) is 11.3 Å². The Morgan fingerprint density at radius 1 is 1.23 bits per heavy atom. The van der Waals surface area contributed by atoms with E-state index in [0.717, 1.165) is 58.3 Å². The van der Waals surface area contributed by atoms with Crippen LogP contribution in [-0.2, 0) is 12.8 Å². The van der Waals surface area contributed by atoms with Gasteiger partial charge < -0.3 is 4.74 Å². The number of rotatable bonds is 5. The third-order valence-corrected chi connectivity index (χ3v) is 7.45. The number of aliphatic imine (C=N–C) groups is 1. The van der Waals surface area contributed by atoms with Gasteiger partial charge in [0, 0.05) is 16.7 Å². The van der Waals surface area contributed by atoms with Crippen LogP contribution in [0, 0.1) is 22.7 Å². The van der Waals surface area contributed by atoms with Gasteiger partial charge in [0.1, 0.15) is 16.8 Å². The van der Waals surface area contributed by atoms with Gasteiger partial charge in [0.25, 0.3) is 0 Å². The van der Waals surface area contributed by atoms with Crippen molar-refractivity contribution in [1.82, 2.24) is 0 Å². The first kappa shape index (κ1) is 21.6. The second-order valence-electron chi connectivity index (χ2n) is 9.41. The molecule has 4 heteroatoms. The number of hydrogen-bond donors (Lipinski definition) is 0. The highest BCUT2D eigenvalue weighted by Gasteiger charge is 2.32. The van der Waals surface area contributed by atoms with Crippen molar-refractivity contribution in [3.8, 4) is 11.8 Å². The van der Waals surface area contributed by atoms with Crippen molar-refractivity contribution in [3.05, 3.63) is 58.0 Å². The molecule has 0 radical (unpaired) electrons. The molecule has 0 spiro atoms. The average Bonchev–Trinajstić information content (AvgIpc) is 3.12. The summed E-state index contributed by atoms with van der Waals surface area (Å²) in [5.74, 6) is 1.49. The van der Waals surface area contributed by atoms with Gasteiger partial charge in [-0.1, -0.05) is 58.0 Å². The first-order valence-electron chi connectivity index (χ1n) is 11.2. The molecule has 3 aromatic rings. The summed E-state index contributed by atoms with van der Waals surface area (Å²) in [6.45, 7) is 9.73. The summed E-state index contributed by atoms with van der Waals surface area (Å²) in [5, 5.41) is 13.0. The Morgan fingerprint density at radius 3 is 2.77 bits per heavy atom. The normalized spacial score (nSPS) is 16.4. The lowest BCUT2D eigenvalue weighted by Crippen LogP contribution is -2.26. The van der Waals surface area contributed by atoms with Crippen LogP contribution in [0.4, 0.5) is 5.00 Å². The van der Waals surface area contributed by atoms with Gasteiger partial charge in [-0.25, -0.2) is 4.99 Å². The fourth-order valence-corrected chi connectivity index (χ4v) is 5.61. The number of nitrogens with zero attached hydrogens (tertiary/aromatic N) is 2. The van der Waals surface area contributed by atoms with Crippen LogP contribution in [0.3, 0.4) is 0 Å². The number of thiophene rings is 1. The molecule has 1 aromatic heterocycles. The van der Waals surface area contributed by atoms with Crippen LogP contribution >= 0.6 is 11.3 Å². The molecule has 2 aromatic carbocycles. The standard InChI is InChI=1S/C27H30N2OS/c1-5-14-30-24-13-10-18-8-6-7-9-20(18)23(24)17-29-26-22(16-28)21-12-11-19(27(2,3)4)15-25(21)31-26/h6-10,13,17,19H,5,11-12,14-15H2,1-4H3/t19-/m1/s1. The van der Waals surface area contributed by atoms with Crippen LogP contribution in [0.1, 0.15) is 62.1 Å². The lowest BCUT2D eigenvalue weighted by Gasteiger charge is -2.33. The topological polar surface area (TPSA) is 45.4 Å². The minimum absolute atomic E-state index is 0.284. The molecule has 0 aliphatic heterocycles. The smallest absolute Gasteiger partial charge is 0.134 e. The van der Waals surface area contributed by atoms with Crippen molar-refractivity contribution in [2.45, 2.75) is 53.4 Å². The molecule has 3 nitrogen and oxygen atoms in total. The van der Waals surface area contributed by atoms with E-state index >= 15 is 0 Å². The largest absolute Gasteiger partial charge is 0.493 e. The predicted molar refractivity (Wildman–Crippen MR) is 131 cm³/mol. The lowest BCUT2D eigenvalue weighted by molar-refractivity contribution is 0.218. The van der Waals surface area contributed by atoms with Gasteiger partial charge in [-0.2, -0.15) is 5.26 Å². The van der Waals surface area contributed by atoms with E-state index in [0.29, 0.717) is 12.5 Å². The Kier molecular flexibility index (Phi) is 6.16. The van der Waals surface area contributed by atoms with Crippen LogP contribution < -0.4 is 4.74 Å². The molecular weight excluding hydrogens is 400 g/mol. The fourth-order valence-electron chi connectivity index (χ4n) is 4.39. The molecule has 0 unspecified atom stereocenters. The number of ether oxygens (including phenoxy) is 1. The summed E-state index contributed by atoms with van der Waals surface area (Å²) in [5.41, 5.74) is 3.25. The van der Waals surface area contributed by atoms with Gasteiger partial charge in [0.2, 0.25) is 0 Å². The Morgan fingerprint density at radius 2 is 2.03 bits per heavy atom. The van der Waals surface area contributed by atoms with Crippen molar-refractivity contribution in [3.63, 3.8) is 0 Å². The van der Waals surface area contributed by atoms with Gasteiger partial charge in [-0.05, 0) is 59.4 Å². The molecule has 31 heavy (non-hydrogen) atoms. The molecule has 0 bridgehead atoms. The van der Waals surface area contributed by atoms with Gasteiger partial charge in [-0.15, -0.1) is 11.3 Å². The van der Waals surface area contributed by atoms with E-state index in [9.17, 15) is 5.26 Å². The van der Waals surface area contributed by atoms with E-state index in [-0.39, 0.29) is 5.41 Å². The highest BCUT2D eigenvalue weighted by Crippen LogP contribution is 2.45. The number of fused-ring (bicyclic) bond motifs is 2. The molecule has 1 aliphatic carbocycles. The van der Waals surface area contributed by atoms with Crippen molar-refractivity contribution in [2.75, 3.05) is 6.61 Å². The molecule has 0 N–H and O–H groups in total.